The quantitative estimate of drug-likeness (QED) is 0.828. The smallest absolute Gasteiger partial charge is 0.0645 e. The number of nitrogen functional groups attached to an aromatic ring is 1. The number of aromatic nitrogens is 1. The summed E-state index contributed by atoms with van der Waals surface area (Å²) < 4.78 is 5.67. The predicted molar refractivity (Wildman–Crippen MR) is 69.8 cm³/mol. The molecule has 1 aliphatic carbocycles. The summed E-state index contributed by atoms with van der Waals surface area (Å²) in [5.41, 5.74) is 7.97. The maximum Gasteiger partial charge on any atom is 0.0645 e. The minimum atomic E-state index is 0.317. The summed E-state index contributed by atoms with van der Waals surface area (Å²) in [7, 11) is 0. The molecule has 0 amide bonds. The van der Waals surface area contributed by atoms with Crippen LogP contribution in [0.15, 0.2) is 18.5 Å². The van der Waals surface area contributed by atoms with Crippen LogP contribution in [-0.2, 0) is 4.74 Å². The van der Waals surface area contributed by atoms with Crippen molar-refractivity contribution in [2.24, 2.45) is 0 Å². The van der Waals surface area contributed by atoms with Crippen molar-refractivity contribution in [2.75, 3.05) is 12.3 Å². The van der Waals surface area contributed by atoms with E-state index in [4.69, 9.17) is 15.7 Å². The molecule has 4 heteroatoms. The highest BCUT2D eigenvalue weighted by molar-refractivity contribution is 5.46. The van der Waals surface area contributed by atoms with Gasteiger partial charge in [-0.25, -0.2) is 0 Å². The van der Waals surface area contributed by atoms with Gasteiger partial charge in [-0.2, -0.15) is 5.26 Å². The summed E-state index contributed by atoms with van der Waals surface area (Å²) in [5, 5.41) is 8.47. The fraction of sp³-hybridized carbons (Fsp3) is 0.571. The van der Waals surface area contributed by atoms with Gasteiger partial charge < -0.3 is 10.5 Å². The van der Waals surface area contributed by atoms with E-state index in [1.54, 1.807) is 12.4 Å². The van der Waals surface area contributed by atoms with Crippen LogP contribution in [0.5, 0.6) is 0 Å². The van der Waals surface area contributed by atoms with Gasteiger partial charge in [0.15, 0.2) is 0 Å². The normalized spacial score (nSPS) is 23.5. The minimum absolute atomic E-state index is 0.317. The number of hydrogen-bond acceptors (Lipinski definition) is 4. The number of nitrogens with two attached hydrogens (primary N) is 1. The molecule has 1 heterocycles. The fourth-order valence-corrected chi connectivity index (χ4v) is 2.60. The van der Waals surface area contributed by atoms with Gasteiger partial charge in [0.1, 0.15) is 0 Å². The van der Waals surface area contributed by atoms with Crippen molar-refractivity contribution in [1.82, 2.24) is 4.98 Å². The molecule has 1 aliphatic rings. The van der Waals surface area contributed by atoms with Crippen molar-refractivity contribution in [3.8, 4) is 6.07 Å². The first kappa shape index (κ1) is 12.8. The number of nitriles is 1. The van der Waals surface area contributed by atoms with Gasteiger partial charge in [0.2, 0.25) is 0 Å². The van der Waals surface area contributed by atoms with E-state index < -0.39 is 0 Å². The molecule has 0 spiro atoms. The zero-order chi connectivity index (χ0) is 12.8. The lowest BCUT2D eigenvalue weighted by Crippen LogP contribution is -2.21. The maximum atomic E-state index is 8.47. The van der Waals surface area contributed by atoms with Crippen LogP contribution in [-0.4, -0.2) is 17.7 Å². The highest BCUT2D eigenvalue weighted by atomic mass is 16.5. The Labute approximate surface area is 108 Å². The summed E-state index contributed by atoms with van der Waals surface area (Å²) in [6, 6.07) is 4.13. The molecule has 0 radical (unpaired) electrons. The summed E-state index contributed by atoms with van der Waals surface area (Å²) in [4.78, 5) is 4.02. The van der Waals surface area contributed by atoms with E-state index in [1.807, 2.05) is 6.07 Å². The molecule has 0 unspecified atom stereocenters. The summed E-state index contributed by atoms with van der Waals surface area (Å²) in [5.74, 6) is 0.531. The van der Waals surface area contributed by atoms with Gasteiger partial charge in [0.25, 0.3) is 0 Å². The van der Waals surface area contributed by atoms with Crippen LogP contribution < -0.4 is 5.73 Å². The Balaban J connectivity index is 1.84. The molecular formula is C14H19N3O. The third kappa shape index (κ3) is 3.21. The van der Waals surface area contributed by atoms with Gasteiger partial charge in [-0.1, -0.05) is 0 Å². The SMILES string of the molecule is N#CCCOC1CCC(c2ccncc2N)CC1. The molecule has 4 nitrogen and oxygen atoms in total. The molecule has 0 aromatic carbocycles. The second-order valence-electron chi connectivity index (χ2n) is 4.76. The molecular weight excluding hydrogens is 226 g/mol. The highest BCUT2D eigenvalue weighted by Crippen LogP contribution is 2.36. The molecule has 0 saturated heterocycles. The van der Waals surface area contributed by atoms with Gasteiger partial charge in [-0.05, 0) is 43.2 Å². The summed E-state index contributed by atoms with van der Waals surface area (Å²) in [6.45, 7) is 0.559. The first-order chi connectivity index (χ1) is 8.81. The molecule has 0 bridgehead atoms. The molecule has 1 aromatic heterocycles. The lowest BCUT2D eigenvalue weighted by molar-refractivity contribution is 0.0280. The van der Waals surface area contributed by atoms with Crippen LogP contribution in [0.2, 0.25) is 0 Å². The minimum Gasteiger partial charge on any atom is -0.397 e. The topological polar surface area (TPSA) is 71.9 Å². The number of ether oxygens (including phenoxy) is 1. The zero-order valence-electron chi connectivity index (χ0n) is 10.5. The van der Waals surface area contributed by atoms with Crippen LogP contribution in [0.3, 0.4) is 0 Å². The van der Waals surface area contributed by atoms with Crippen LogP contribution in [0, 0.1) is 11.3 Å². The molecule has 1 saturated carbocycles. The molecule has 2 rings (SSSR count). The van der Waals surface area contributed by atoms with Crippen LogP contribution in [0.4, 0.5) is 5.69 Å². The third-order valence-corrected chi connectivity index (χ3v) is 3.57. The molecule has 96 valence electrons. The van der Waals surface area contributed by atoms with Crippen molar-refractivity contribution < 1.29 is 4.74 Å². The molecule has 1 fully saturated rings. The van der Waals surface area contributed by atoms with Crippen molar-refractivity contribution in [1.29, 1.82) is 5.26 Å². The lowest BCUT2D eigenvalue weighted by Gasteiger charge is -2.29. The van der Waals surface area contributed by atoms with Crippen LogP contribution >= 0.6 is 0 Å². The van der Waals surface area contributed by atoms with E-state index in [0.29, 0.717) is 25.0 Å². The summed E-state index contributed by atoms with van der Waals surface area (Å²) in [6.07, 6.45) is 8.65. The maximum absolute atomic E-state index is 8.47. The van der Waals surface area contributed by atoms with E-state index in [-0.39, 0.29) is 0 Å². The van der Waals surface area contributed by atoms with E-state index in [0.717, 1.165) is 31.4 Å². The van der Waals surface area contributed by atoms with Crippen LogP contribution in [0.1, 0.15) is 43.6 Å². The number of pyridine rings is 1. The molecule has 18 heavy (non-hydrogen) atoms. The third-order valence-electron chi connectivity index (χ3n) is 3.57. The van der Waals surface area contributed by atoms with Crippen molar-refractivity contribution in [3.63, 3.8) is 0 Å². The molecule has 1 aromatic rings. The number of rotatable bonds is 4. The van der Waals surface area contributed by atoms with Gasteiger partial charge in [-0.15, -0.1) is 0 Å². The van der Waals surface area contributed by atoms with Crippen LogP contribution in [0.25, 0.3) is 0 Å². The average Bonchev–Trinajstić information content (AvgIpc) is 2.41. The largest absolute Gasteiger partial charge is 0.397 e. The Hall–Kier alpha value is -1.60. The summed E-state index contributed by atoms with van der Waals surface area (Å²) >= 11 is 0. The van der Waals surface area contributed by atoms with Crippen molar-refractivity contribution in [2.45, 2.75) is 44.1 Å². The van der Waals surface area contributed by atoms with E-state index in [9.17, 15) is 0 Å². The number of hydrogen-bond donors (Lipinski definition) is 1. The van der Waals surface area contributed by atoms with Gasteiger partial charge in [0.05, 0.1) is 37.1 Å². The van der Waals surface area contributed by atoms with Gasteiger partial charge in [-0.3, -0.25) is 4.98 Å². The number of anilines is 1. The number of nitrogens with zero attached hydrogens (tertiary/aromatic N) is 2. The molecule has 2 N–H and O–H groups in total. The Morgan fingerprint density at radius 3 is 2.83 bits per heavy atom. The van der Waals surface area contributed by atoms with E-state index in [2.05, 4.69) is 11.1 Å². The second kappa shape index (κ2) is 6.36. The average molecular weight is 245 g/mol. The van der Waals surface area contributed by atoms with E-state index >= 15 is 0 Å². The Morgan fingerprint density at radius 1 is 1.39 bits per heavy atom. The fourth-order valence-electron chi connectivity index (χ4n) is 2.60. The van der Waals surface area contributed by atoms with Gasteiger partial charge in [0, 0.05) is 6.20 Å². The van der Waals surface area contributed by atoms with Crippen molar-refractivity contribution in [3.05, 3.63) is 24.0 Å². The standard InChI is InChI=1S/C14H19N3O/c15-7-1-9-18-12-4-2-11(3-5-12)13-6-8-17-10-14(13)16/h6,8,10-12H,1-5,9,16H2. The first-order valence-electron chi connectivity index (χ1n) is 6.49. The first-order valence-corrected chi connectivity index (χ1v) is 6.49. The highest BCUT2D eigenvalue weighted by Gasteiger charge is 2.23. The second-order valence-corrected chi connectivity index (χ2v) is 4.76. The van der Waals surface area contributed by atoms with Crippen molar-refractivity contribution >= 4 is 5.69 Å². The zero-order valence-corrected chi connectivity index (χ0v) is 10.5. The monoisotopic (exact) mass is 245 g/mol. The Bertz CT molecular complexity index is 419. The molecule has 0 aliphatic heterocycles. The Kier molecular flexibility index (Phi) is 4.54. The Morgan fingerprint density at radius 2 is 2.17 bits per heavy atom. The molecule has 0 atom stereocenters. The lowest BCUT2D eigenvalue weighted by atomic mass is 9.82. The van der Waals surface area contributed by atoms with E-state index in [1.165, 1.54) is 5.56 Å². The predicted octanol–water partition coefficient (Wildman–Crippen LogP) is 2.62. The van der Waals surface area contributed by atoms with Gasteiger partial charge >= 0.3 is 0 Å².